The fraction of sp³-hybridized carbons (Fsp3) is 0. The van der Waals surface area contributed by atoms with Gasteiger partial charge >= 0.3 is 0 Å². The van der Waals surface area contributed by atoms with Crippen molar-refractivity contribution in [2.45, 2.75) is 0 Å². The maximum absolute atomic E-state index is 12.4. The lowest BCUT2D eigenvalue weighted by atomic mass is 10.1. The summed E-state index contributed by atoms with van der Waals surface area (Å²) in [6.45, 7) is 0. The average Bonchev–Trinajstić information content (AvgIpc) is 2.67. The van der Waals surface area contributed by atoms with E-state index < -0.39 is 0 Å². The fourth-order valence-electron chi connectivity index (χ4n) is 2.19. The maximum Gasteiger partial charge on any atom is 0.197 e. The van der Waals surface area contributed by atoms with Crippen LogP contribution in [0, 0.1) is 0 Å². The molecule has 21 heavy (non-hydrogen) atoms. The van der Waals surface area contributed by atoms with E-state index in [1.54, 1.807) is 24.3 Å². The third-order valence-electron chi connectivity index (χ3n) is 3.24. The minimum absolute atomic E-state index is 0.0661. The number of allylic oxidation sites excluding steroid dienone is 1. The smallest absolute Gasteiger partial charge is 0.197 e. The molecule has 3 rings (SSSR count). The van der Waals surface area contributed by atoms with Gasteiger partial charge in [0.25, 0.3) is 0 Å². The Hall–Kier alpha value is -1.61. The quantitative estimate of drug-likeness (QED) is 0.535. The van der Waals surface area contributed by atoms with Gasteiger partial charge < -0.3 is 0 Å². The molecule has 0 aromatic heterocycles. The predicted octanol–water partition coefficient (Wildman–Crippen LogP) is 5.11. The summed E-state index contributed by atoms with van der Waals surface area (Å²) in [5, 5.41) is 0.962. The highest BCUT2D eigenvalue weighted by Crippen LogP contribution is 2.34. The molecule has 0 unspecified atom stereocenters. The number of hydrogen-bond acceptors (Lipinski definition) is 2. The lowest BCUT2D eigenvalue weighted by molar-refractivity contribution is 0.0990. The Morgan fingerprint density at radius 1 is 0.762 bits per heavy atom. The number of ketones is 2. The summed E-state index contributed by atoms with van der Waals surface area (Å²) in [4.78, 5) is 24.7. The van der Waals surface area contributed by atoms with Crippen molar-refractivity contribution in [3.8, 4) is 0 Å². The third kappa shape index (κ3) is 2.40. The van der Waals surface area contributed by atoms with E-state index in [4.69, 9.17) is 34.8 Å². The number of carbonyl (C=O) groups is 2. The predicted molar refractivity (Wildman–Crippen MR) is 84.6 cm³/mol. The first-order valence-corrected chi connectivity index (χ1v) is 7.17. The van der Waals surface area contributed by atoms with E-state index in [-0.39, 0.29) is 38.3 Å². The summed E-state index contributed by atoms with van der Waals surface area (Å²) in [6.07, 6.45) is 1.49. The molecule has 0 radical (unpaired) electrons. The summed E-state index contributed by atoms with van der Waals surface area (Å²) < 4.78 is 0. The van der Waals surface area contributed by atoms with Gasteiger partial charge in [0.2, 0.25) is 0 Å². The van der Waals surface area contributed by atoms with Crippen LogP contribution in [-0.4, -0.2) is 11.6 Å². The summed E-state index contributed by atoms with van der Waals surface area (Å²) in [5.74, 6) is -0.734. The molecule has 2 aromatic carbocycles. The Bertz CT molecular complexity index is 779. The van der Waals surface area contributed by atoms with Gasteiger partial charge in [0.1, 0.15) is 0 Å². The van der Waals surface area contributed by atoms with E-state index in [1.807, 2.05) is 0 Å². The van der Waals surface area contributed by atoms with Gasteiger partial charge in [0.05, 0.1) is 15.6 Å². The molecule has 0 bridgehead atoms. The Balaban J connectivity index is 2.14. The number of hydrogen-bond donors (Lipinski definition) is 0. The van der Waals surface area contributed by atoms with Crippen LogP contribution in [0.5, 0.6) is 0 Å². The topological polar surface area (TPSA) is 34.1 Å². The molecule has 1 aliphatic rings. The SMILES string of the molecule is O=C1C(=Cc2ccccc2Cl)C(=O)c2cc(Cl)c(Cl)cc21. The normalized spacial score (nSPS) is 13.6. The molecular formula is C16H7Cl3O2. The Labute approximate surface area is 135 Å². The lowest BCUT2D eigenvalue weighted by Crippen LogP contribution is -2.00. The molecule has 0 heterocycles. The minimum atomic E-state index is -0.367. The van der Waals surface area contributed by atoms with Crippen LogP contribution in [-0.2, 0) is 0 Å². The number of fused-ring (bicyclic) bond motifs is 1. The van der Waals surface area contributed by atoms with Crippen molar-refractivity contribution in [3.63, 3.8) is 0 Å². The van der Waals surface area contributed by atoms with Crippen molar-refractivity contribution in [1.82, 2.24) is 0 Å². The molecule has 0 saturated carbocycles. The number of carbonyl (C=O) groups excluding carboxylic acids is 2. The highest BCUT2D eigenvalue weighted by atomic mass is 35.5. The van der Waals surface area contributed by atoms with Crippen molar-refractivity contribution in [1.29, 1.82) is 0 Å². The monoisotopic (exact) mass is 336 g/mol. The molecular weight excluding hydrogens is 331 g/mol. The van der Waals surface area contributed by atoms with Crippen molar-refractivity contribution >= 4 is 52.4 Å². The Morgan fingerprint density at radius 3 is 1.81 bits per heavy atom. The molecule has 0 fully saturated rings. The van der Waals surface area contributed by atoms with Gasteiger partial charge in [-0.2, -0.15) is 0 Å². The average molecular weight is 338 g/mol. The summed E-state index contributed by atoms with van der Waals surface area (Å²) in [6, 6.07) is 9.83. The lowest BCUT2D eigenvalue weighted by Gasteiger charge is -1.98. The highest BCUT2D eigenvalue weighted by molar-refractivity contribution is 6.46. The van der Waals surface area contributed by atoms with Crippen molar-refractivity contribution in [2.24, 2.45) is 0 Å². The zero-order chi connectivity index (χ0) is 15.1. The third-order valence-corrected chi connectivity index (χ3v) is 4.31. The van der Waals surface area contributed by atoms with Gasteiger partial charge in [0.15, 0.2) is 11.6 Å². The second-order valence-electron chi connectivity index (χ2n) is 4.55. The molecule has 0 aliphatic heterocycles. The number of Topliss-reactive ketones (excluding diaryl/α,β-unsaturated/α-hetero) is 2. The van der Waals surface area contributed by atoms with Gasteiger partial charge in [-0.15, -0.1) is 0 Å². The van der Waals surface area contributed by atoms with Crippen LogP contribution in [0.4, 0.5) is 0 Å². The molecule has 0 atom stereocenters. The first-order chi connectivity index (χ1) is 9.99. The van der Waals surface area contributed by atoms with Crippen LogP contribution >= 0.6 is 34.8 Å². The zero-order valence-electron chi connectivity index (χ0n) is 10.5. The van der Waals surface area contributed by atoms with E-state index >= 15 is 0 Å². The molecule has 104 valence electrons. The molecule has 5 heteroatoms. The van der Waals surface area contributed by atoms with Gasteiger partial charge in [-0.25, -0.2) is 0 Å². The van der Waals surface area contributed by atoms with E-state index in [2.05, 4.69) is 0 Å². The maximum atomic E-state index is 12.4. The van der Waals surface area contributed by atoms with Crippen molar-refractivity contribution in [3.05, 3.63) is 73.7 Å². The summed E-state index contributed by atoms with van der Waals surface area (Å²) >= 11 is 17.9. The zero-order valence-corrected chi connectivity index (χ0v) is 12.8. The minimum Gasteiger partial charge on any atom is -0.288 e. The van der Waals surface area contributed by atoms with E-state index in [0.29, 0.717) is 10.6 Å². The van der Waals surface area contributed by atoms with Gasteiger partial charge in [-0.1, -0.05) is 53.0 Å². The molecule has 2 nitrogen and oxygen atoms in total. The standard InChI is InChI=1S/C16H7Cl3O2/c17-12-4-2-1-3-8(12)5-11-15(20)9-6-13(18)14(19)7-10(9)16(11)21/h1-7H. The second kappa shape index (κ2) is 5.30. The van der Waals surface area contributed by atoms with E-state index in [0.717, 1.165) is 0 Å². The number of halogens is 3. The van der Waals surface area contributed by atoms with Crippen LogP contribution in [0.1, 0.15) is 26.3 Å². The van der Waals surface area contributed by atoms with Crippen molar-refractivity contribution in [2.75, 3.05) is 0 Å². The second-order valence-corrected chi connectivity index (χ2v) is 5.77. The Morgan fingerprint density at radius 2 is 1.29 bits per heavy atom. The van der Waals surface area contributed by atoms with E-state index in [9.17, 15) is 9.59 Å². The van der Waals surface area contributed by atoms with Crippen LogP contribution < -0.4 is 0 Å². The van der Waals surface area contributed by atoms with E-state index in [1.165, 1.54) is 18.2 Å². The highest BCUT2D eigenvalue weighted by Gasteiger charge is 2.34. The van der Waals surface area contributed by atoms with Crippen LogP contribution in [0.15, 0.2) is 42.0 Å². The van der Waals surface area contributed by atoms with Crippen LogP contribution in [0.3, 0.4) is 0 Å². The Kier molecular flexibility index (Phi) is 3.62. The molecule has 0 N–H and O–H groups in total. The molecule has 0 spiro atoms. The van der Waals surface area contributed by atoms with Gasteiger partial charge in [-0.05, 0) is 29.8 Å². The molecule has 0 saturated heterocycles. The molecule has 1 aliphatic carbocycles. The summed E-state index contributed by atoms with van der Waals surface area (Å²) in [7, 11) is 0. The summed E-state index contributed by atoms with van der Waals surface area (Å²) in [5.41, 5.74) is 1.22. The first-order valence-electron chi connectivity index (χ1n) is 6.03. The number of benzene rings is 2. The first kappa shape index (κ1) is 14.3. The van der Waals surface area contributed by atoms with Gasteiger partial charge in [-0.3, -0.25) is 9.59 Å². The van der Waals surface area contributed by atoms with Gasteiger partial charge in [0, 0.05) is 16.1 Å². The van der Waals surface area contributed by atoms with Crippen LogP contribution in [0.2, 0.25) is 15.1 Å². The fourth-order valence-corrected chi connectivity index (χ4v) is 2.71. The van der Waals surface area contributed by atoms with Crippen LogP contribution in [0.25, 0.3) is 6.08 Å². The van der Waals surface area contributed by atoms with Crippen molar-refractivity contribution < 1.29 is 9.59 Å². The molecule has 2 aromatic rings. The largest absolute Gasteiger partial charge is 0.288 e. The molecule has 0 amide bonds. The number of rotatable bonds is 1.